The second-order valence-corrected chi connectivity index (χ2v) is 5.38. The lowest BCUT2D eigenvalue weighted by molar-refractivity contribution is 0.0508. The van der Waals surface area contributed by atoms with Crippen LogP contribution in [0.2, 0.25) is 0 Å². The Morgan fingerprint density at radius 1 is 1.39 bits per heavy atom. The summed E-state index contributed by atoms with van der Waals surface area (Å²) in [6, 6.07) is 4.55. The molecule has 0 radical (unpaired) electrons. The molecule has 0 saturated heterocycles. The smallest absolute Gasteiger partial charge is 0.408 e. The molecule has 1 amide bonds. The molecule has 1 unspecified atom stereocenters. The lowest BCUT2D eigenvalue weighted by atomic mass is 10.1. The van der Waals surface area contributed by atoms with Crippen LogP contribution in [0.3, 0.4) is 0 Å². The number of halogens is 1. The van der Waals surface area contributed by atoms with E-state index in [0.717, 1.165) is 5.56 Å². The first-order chi connectivity index (χ1) is 8.19. The van der Waals surface area contributed by atoms with Gasteiger partial charge >= 0.3 is 6.09 Å². The van der Waals surface area contributed by atoms with Crippen LogP contribution in [0, 0.1) is 12.7 Å². The van der Waals surface area contributed by atoms with Gasteiger partial charge in [0, 0.05) is 0 Å². The second kappa shape index (κ2) is 5.38. The summed E-state index contributed by atoms with van der Waals surface area (Å²) in [6.45, 7) is 8.94. The molecular formula is C14H20FNO2. The average molecular weight is 253 g/mol. The molecule has 1 atom stereocenters. The van der Waals surface area contributed by atoms with Gasteiger partial charge in [0.15, 0.2) is 0 Å². The van der Waals surface area contributed by atoms with E-state index in [9.17, 15) is 9.18 Å². The molecule has 0 fully saturated rings. The van der Waals surface area contributed by atoms with Gasteiger partial charge in [-0.05, 0) is 51.8 Å². The first-order valence-electron chi connectivity index (χ1n) is 5.94. The number of carbonyl (C=O) groups is 1. The monoisotopic (exact) mass is 253 g/mol. The minimum Gasteiger partial charge on any atom is -0.444 e. The molecular weight excluding hydrogens is 233 g/mol. The molecule has 1 N–H and O–H groups in total. The number of ether oxygens (including phenoxy) is 1. The summed E-state index contributed by atoms with van der Waals surface area (Å²) in [7, 11) is 0. The van der Waals surface area contributed by atoms with Crippen molar-refractivity contribution in [2.24, 2.45) is 0 Å². The van der Waals surface area contributed by atoms with Crippen LogP contribution in [0.25, 0.3) is 0 Å². The SMILES string of the molecule is Cc1cc(C(C)NC(=O)OC(C)(C)C)ccc1F. The maximum absolute atomic E-state index is 13.1. The first-order valence-corrected chi connectivity index (χ1v) is 5.94. The number of benzene rings is 1. The number of nitrogens with one attached hydrogen (secondary N) is 1. The van der Waals surface area contributed by atoms with Crippen molar-refractivity contribution in [1.29, 1.82) is 0 Å². The summed E-state index contributed by atoms with van der Waals surface area (Å²) in [5, 5.41) is 2.72. The zero-order chi connectivity index (χ0) is 13.9. The number of hydrogen-bond donors (Lipinski definition) is 1. The van der Waals surface area contributed by atoms with E-state index in [2.05, 4.69) is 5.32 Å². The van der Waals surface area contributed by atoms with Gasteiger partial charge in [-0.1, -0.05) is 12.1 Å². The van der Waals surface area contributed by atoms with E-state index in [4.69, 9.17) is 4.74 Å². The molecule has 1 rings (SSSR count). The summed E-state index contributed by atoms with van der Waals surface area (Å²) in [6.07, 6.45) is -0.475. The average Bonchev–Trinajstić information content (AvgIpc) is 2.18. The lowest BCUT2D eigenvalue weighted by Gasteiger charge is -2.22. The van der Waals surface area contributed by atoms with E-state index < -0.39 is 11.7 Å². The lowest BCUT2D eigenvalue weighted by Crippen LogP contribution is -2.34. The minimum atomic E-state index is -0.525. The third-order valence-electron chi connectivity index (χ3n) is 2.42. The van der Waals surface area contributed by atoms with E-state index in [1.54, 1.807) is 39.8 Å². The number of aryl methyl sites for hydroxylation is 1. The zero-order valence-corrected chi connectivity index (χ0v) is 11.5. The van der Waals surface area contributed by atoms with Crippen LogP contribution in [-0.4, -0.2) is 11.7 Å². The van der Waals surface area contributed by atoms with E-state index >= 15 is 0 Å². The van der Waals surface area contributed by atoms with E-state index in [-0.39, 0.29) is 11.9 Å². The van der Waals surface area contributed by atoms with E-state index in [1.807, 2.05) is 6.92 Å². The van der Waals surface area contributed by atoms with Gasteiger partial charge in [-0.15, -0.1) is 0 Å². The standard InChI is InChI=1S/C14H20FNO2/c1-9-8-11(6-7-12(9)15)10(2)16-13(17)18-14(3,4)5/h6-8,10H,1-5H3,(H,16,17). The van der Waals surface area contributed by atoms with Gasteiger partial charge in [-0.25, -0.2) is 9.18 Å². The van der Waals surface area contributed by atoms with Crippen LogP contribution in [-0.2, 0) is 4.74 Å². The van der Waals surface area contributed by atoms with Crippen molar-refractivity contribution < 1.29 is 13.9 Å². The van der Waals surface area contributed by atoms with Crippen molar-refractivity contribution in [2.75, 3.05) is 0 Å². The Labute approximate surface area is 107 Å². The molecule has 100 valence electrons. The molecule has 0 aliphatic rings. The van der Waals surface area contributed by atoms with Crippen molar-refractivity contribution in [3.8, 4) is 0 Å². The predicted octanol–water partition coefficient (Wildman–Crippen LogP) is 3.72. The second-order valence-electron chi connectivity index (χ2n) is 5.38. The largest absolute Gasteiger partial charge is 0.444 e. The maximum Gasteiger partial charge on any atom is 0.408 e. The Morgan fingerprint density at radius 2 is 2.00 bits per heavy atom. The van der Waals surface area contributed by atoms with Gasteiger partial charge in [0.25, 0.3) is 0 Å². The molecule has 0 aromatic heterocycles. The molecule has 1 aromatic carbocycles. The van der Waals surface area contributed by atoms with Gasteiger partial charge < -0.3 is 10.1 Å². The number of amides is 1. The first kappa shape index (κ1) is 14.5. The topological polar surface area (TPSA) is 38.3 Å². The van der Waals surface area contributed by atoms with Crippen LogP contribution in [0.4, 0.5) is 9.18 Å². The fourth-order valence-corrected chi connectivity index (χ4v) is 1.50. The van der Waals surface area contributed by atoms with E-state index in [0.29, 0.717) is 5.56 Å². The fourth-order valence-electron chi connectivity index (χ4n) is 1.50. The molecule has 0 bridgehead atoms. The van der Waals surface area contributed by atoms with Gasteiger partial charge in [-0.3, -0.25) is 0 Å². The van der Waals surface area contributed by atoms with Gasteiger partial charge in [0.05, 0.1) is 6.04 Å². The molecule has 0 heterocycles. The Morgan fingerprint density at radius 3 is 2.50 bits per heavy atom. The summed E-state index contributed by atoms with van der Waals surface area (Å²) in [4.78, 5) is 11.6. The van der Waals surface area contributed by atoms with Gasteiger partial charge in [0.2, 0.25) is 0 Å². The van der Waals surface area contributed by atoms with Gasteiger partial charge in [0.1, 0.15) is 11.4 Å². The van der Waals surface area contributed by atoms with Crippen LogP contribution in [0.5, 0.6) is 0 Å². The number of carbonyl (C=O) groups excluding carboxylic acids is 1. The van der Waals surface area contributed by atoms with Crippen LogP contribution in [0.15, 0.2) is 18.2 Å². The molecule has 1 aromatic rings. The molecule has 0 aliphatic heterocycles. The molecule has 0 spiro atoms. The highest BCUT2D eigenvalue weighted by atomic mass is 19.1. The number of hydrogen-bond acceptors (Lipinski definition) is 2. The number of alkyl carbamates (subject to hydrolysis) is 1. The summed E-state index contributed by atoms with van der Waals surface area (Å²) < 4.78 is 18.3. The fraction of sp³-hybridized carbons (Fsp3) is 0.500. The third-order valence-corrected chi connectivity index (χ3v) is 2.42. The van der Waals surface area contributed by atoms with Crippen LogP contribution < -0.4 is 5.32 Å². The van der Waals surface area contributed by atoms with Crippen LogP contribution >= 0.6 is 0 Å². The highest BCUT2D eigenvalue weighted by Gasteiger charge is 2.18. The molecule has 4 heteroatoms. The van der Waals surface area contributed by atoms with Crippen LogP contribution in [0.1, 0.15) is 44.9 Å². The maximum atomic E-state index is 13.1. The summed E-state index contributed by atoms with van der Waals surface area (Å²) >= 11 is 0. The Balaban J connectivity index is 2.68. The molecule has 0 aliphatic carbocycles. The molecule has 0 saturated carbocycles. The quantitative estimate of drug-likeness (QED) is 0.872. The summed E-state index contributed by atoms with van der Waals surface area (Å²) in [5.74, 6) is -0.247. The highest BCUT2D eigenvalue weighted by Crippen LogP contribution is 2.17. The normalized spacial score (nSPS) is 13.0. The third kappa shape index (κ3) is 4.35. The van der Waals surface area contributed by atoms with Crippen molar-refractivity contribution in [3.63, 3.8) is 0 Å². The van der Waals surface area contributed by atoms with Crippen molar-refractivity contribution in [1.82, 2.24) is 5.32 Å². The Kier molecular flexibility index (Phi) is 4.33. The Hall–Kier alpha value is -1.58. The Bertz CT molecular complexity index is 438. The van der Waals surface area contributed by atoms with Crippen molar-refractivity contribution in [2.45, 2.75) is 46.3 Å². The van der Waals surface area contributed by atoms with Gasteiger partial charge in [-0.2, -0.15) is 0 Å². The van der Waals surface area contributed by atoms with Crippen molar-refractivity contribution >= 4 is 6.09 Å². The van der Waals surface area contributed by atoms with E-state index in [1.165, 1.54) is 6.07 Å². The predicted molar refractivity (Wildman–Crippen MR) is 68.9 cm³/mol. The molecule has 3 nitrogen and oxygen atoms in total. The minimum absolute atomic E-state index is 0.223. The highest BCUT2D eigenvalue weighted by molar-refractivity contribution is 5.68. The molecule has 18 heavy (non-hydrogen) atoms. The number of rotatable bonds is 2. The summed E-state index contributed by atoms with van der Waals surface area (Å²) in [5.41, 5.74) is 0.882. The zero-order valence-electron chi connectivity index (χ0n) is 11.5. The van der Waals surface area contributed by atoms with Crippen molar-refractivity contribution in [3.05, 3.63) is 35.1 Å².